The average molecular weight is 372 g/mol. The SMILES string of the molecule is COc1ccc(C(=O)N2c3ccccc3[C@H](Nc3ccccc3)C[C@H]2C)cc1. The van der Waals surface area contributed by atoms with Crippen molar-refractivity contribution in [2.24, 2.45) is 0 Å². The van der Waals surface area contributed by atoms with Gasteiger partial charge in [0.25, 0.3) is 5.91 Å². The minimum atomic E-state index is 0.0146. The number of carbonyl (C=O) groups is 1. The topological polar surface area (TPSA) is 41.6 Å². The van der Waals surface area contributed by atoms with Crippen LogP contribution in [-0.2, 0) is 0 Å². The molecule has 28 heavy (non-hydrogen) atoms. The zero-order valence-electron chi connectivity index (χ0n) is 16.1. The van der Waals surface area contributed by atoms with Gasteiger partial charge in [-0.2, -0.15) is 0 Å². The number of nitrogens with zero attached hydrogens (tertiary/aromatic N) is 1. The van der Waals surface area contributed by atoms with E-state index in [9.17, 15) is 4.79 Å². The lowest BCUT2D eigenvalue weighted by atomic mass is 9.90. The lowest BCUT2D eigenvalue weighted by molar-refractivity contribution is 0.0974. The zero-order chi connectivity index (χ0) is 19.5. The number of carbonyl (C=O) groups excluding carboxylic acids is 1. The van der Waals surface area contributed by atoms with E-state index in [4.69, 9.17) is 4.74 Å². The fraction of sp³-hybridized carbons (Fsp3) is 0.208. The van der Waals surface area contributed by atoms with Crippen LogP contribution in [0.25, 0.3) is 0 Å². The van der Waals surface area contributed by atoms with E-state index in [1.807, 2.05) is 65.6 Å². The summed E-state index contributed by atoms with van der Waals surface area (Å²) < 4.78 is 5.21. The van der Waals surface area contributed by atoms with E-state index in [0.717, 1.165) is 29.1 Å². The van der Waals surface area contributed by atoms with E-state index >= 15 is 0 Å². The molecule has 0 spiro atoms. The molecule has 1 amide bonds. The molecule has 0 saturated carbocycles. The third-order valence-corrected chi connectivity index (χ3v) is 5.26. The molecule has 0 saturated heterocycles. The number of hydrogen-bond donors (Lipinski definition) is 1. The molecule has 0 fully saturated rings. The van der Waals surface area contributed by atoms with E-state index in [1.54, 1.807) is 7.11 Å². The van der Waals surface area contributed by atoms with Gasteiger partial charge in [0.1, 0.15) is 5.75 Å². The summed E-state index contributed by atoms with van der Waals surface area (Å²) in [6.45, 7) is 2.11. The Kier molecular flexibility index (Phi) is 5.02. The van der Waals surface area contributed by atoms with Crippen LogP contribution in [0.3, 0.4) is 0 Å². The Labute approximate surface area is 165 Å². The lowest BCUT2D eigenvalue weighted by Crippen LogP contribution is -2.44. The number of nitrogens with one attached hydrogen (secondary N) is 1. The molecular formula is C24H24N2O2. The number of fused-ring (bicyclic) bond motifs is 1. The van der Waals surface area contributed by atoms with Crippen molar-refractivity contribution in [3.05, 3.63) is 90.0 Å². The molecule has 3 aromatic rings. The highest BCUT2D eigenvalue weighted by Crippen LogP contribution is 2.39. The molecule has 3 aromatic carbocycles. The van der Waals surface area contributed by atoms with Crippen molar-refractivity contribution >= 4 is 17.3 Å². The first kappa shape index (κ1) is 18.1. The van der Waals surface area contributed by atoms with Gasteiger partial charge in [-0.15, -0.1) is 0 Å². The van der Waals surface area contributed by atoms with Crippen molar-refractivity contribution in [1.29, 1.82) is 0 Å². The van der Waals surface area contributed by atoms with Gasteiger partial charge in [-0.1, -0.05) is 36.4 Å². The highest BCUT2D eigenvalue weighted by molar-refractivity contribution is 6.07. The lowest BCUT2D eigenvalue weighted by Gasteiger charge is -2.40. The predicted molar refractivity (Wildman–Crippen MR) is 113 cm³/mol. The molecule has 2 atom stereocenters. The second-order valence-electron chi connectivity index (χ2n) is 7.11. The number of anilines is 2. The highest BCUT2D eigenvalue weighted by atomic mass is 16.5. The molecule has 4 rings (SSSR count). The molecule has 4 heteroatoms. The maximum Gasteiger partial charge on any atom is 0.258 e. The molecule has 0 radical (unpaired) electrons. The van der Waals surface area contributed by atoms with Crippen LogP contribution >= 0.6 is 0 Å². The normalized spacial score (nSPS) is 18.3. The Bertz CT molecular complexity index is 954. The molecule has 1 N–H and O–H groups in total. The van der Waals surface area contributed by atoms with Crippen LogP contribution in [-0.4, -0.2) is 19.1 Å². The summed E-state index contributed by atoms with van der Waals surface area (Å²) in [6, 6.07) is 25.9. The van der Waals surface area contributed by atoms with Crippen molar-refractivity contribution in [3.8, 4) is 5.75 Å². The van der Waals surface area contributed by atoms with Gasteiger partial charge in [0.15, 0.2) is 0 Å². The van der Waals surface area contributed by atoms with Gasteiger partial charge in [-0.25, -0.2) is 0 Å². The molecular weight excluding hydrogens is 348 g/mol. The Morgan fingerprint density at radius 1 is 0.964 bits per heavy atom. The number of methoxy groups -OCH3 is 1. The van der Waals surface area contributed by atoms with E-state index in [2.05, 4.69) is 30.4 Å². The smallest absolute Gasteiger partial charge is 0.258 e. The summed E-state index contributed by atoms with van der Waals surface area (Å²) in [5, 5.41) is 3.63. The fourth-order valence-electron chi connectivity index (χ4n) is 3.87. The minimum absolute atomic E-state index is 0.0146. The summed E-state index contributed by atoms with van der Waals surface area (Å²) in [4.78, 5) is 15.2. The van der Waals surface area contributed by atoms with Gasteiger partial charge in [-0.05, 0) is 61.4 Å². The van der Waals surface area contributed by atoms with Crippen LogP contribution in [0.5, 0.6) is 5.75 Å². The van der Waals surface area contributed by atoms with Crippen LogP contribution in [0.1, 0.15) is 35.3 Å². The van der Waals surface area contributed by atoms with Gasteiger partial charge in [0, 0.05) is 23.0 Å². The van der Waals surface area contributed by atoms with Crippen LogP contribution < -0.4 is 15.0 Å². The van der Waals surface area contributed by atoms with E-state index in [0.29, 0.717) is 5.56 Å². The quantitative estimate of drug-likeness (QED) is 0.677. The van der Waals surface area contributed by atoms with E-state index in [-0.39, 0.29) is 18.0 Å². The molecule has 4 nitrogen and oxygen atoms in total. The Balaban J connectivity index is 1.66. The molecule has 1 aliphatic heterocycles. The van der Waals surface area contributed by atoms with Gasteiger partial charge in [-0.3, -0.25) is 4.79 Å². The Hall–Kier alpha value is -3.27. The summed E-state index contributed by atoms with van der Waals surface area (Å²) >= 11 is 0. The van der Waals surface area contributed by atoms with Crippen LogP contribution in [0, 0.1) is 0 Å². The van der Waals surface area contributed by atoms with Gasteiger partial charge >= 0.3 is 0 Å². The number of benzene rings is 3. The van der Waals surface area contributed by atoms with E-state index in [1.165, 1.54) is 0 Å². The Morgan fingerprint density at radius 2 is 1.64 bits per heavy atom. The maximum atomic E-state index is 13.3. The summed E-state index contributed by atoms with van der Waals surface area (Å²) in [6.07, 6.45) is 0.841. The average Bonchev–Trinajstić information content (AvgIpc) is 2.74. The largest absolute Gasteiger partial charge is 0.497 e. The van der Waals surface area contributed by atoms with Crippen molar-refractivity contribution in [3.63, 3.8) is 0 Å². The van der Waals surface area contributed by atoms with Gasteiger partial charge < -0.3 is 15.0 Å². The number of ether oxygens (including phenoxy) is 1. The van der Waals surface area contributed by atoms with Crippen LogP contribution in [0.15, 0.2) is 78.9 Å². The second-order valence-corrected chi connectivity index (χ2v) is 7.11. The standard InChI is InChI=1S/C24H24N2O2/c1-17-16-22(25-19-8-4-3-5-9-19)21-10-6-7-11-23(21)26(17)24(27)18-12-14-20(28-2)15-13-18/h3-15,17,22,25H,16H2,1-2H3/t17-,22-/m1/s1. The summed E-state index contributed by atoms with van der Waals surface area (Å²) in [5.41, 5.74) is 3.86. The molecule has 1 heterocycles. The predicted octanol–water partition coefficient (Wildman–Crippen LogP) is 5.29. The van der Waals surface area contributed by atoms with Crippen LogP contribution in [0.2, 0.25) is 0 Å². The first-order valence-electron chi connectivity index (χ1n) is 9.55. The van der Waals surface area contributed by atoms with Gasteiger partial charge in [0.05, 0.1) is 13.2 Å². The van der Waals surface area contributed by atoms with Crippen molar-refractivity contribution in [1.82, 2.24) is 0 Å². The monoisotopic (exact) mass is 372 g/mol. The molecule has 142 valence electrons. The number of amides is 1. The second kappa shape index (κ2) is 7.77. The molecule has 0 aliphatic carbocycles. The van der Waals surface area contributed by atoms with Crippen molar-refractivity contribution < 1.29 is 9.53 Å². The molecule has 0 bridgehead atoms. The zero-order valence-corrected chi connectivity index (χ0v) is 16.1. The van der Waals surface area contributed by atoms with Crippen molar-refractivity contribution in [2.75, 3.05) is 17.3 Å². The highest BCUT2D eigenvalue weighted by Gasteiger charge is 2.34. The molecule has 0 aromatic heterocycles. The number of hydrogen-bond acceptors (Lipinski definition) is 3. The first-order valence-corrected chi connectivity index (χ1v) is 9.55. The van der Waals surface area contributed by atoms with Crippen molar-refractivity contribution in [2.45, 2.75) is 25.4 Å². The first-order chi connectivity index (χ1) is 13.7. The third-order valence-electron chi connectivity index (χ3n) is 5.26. The third kappa shape index (κ3) is 3.46. The van der Waals surface area contributed by atoms with Gasteiger partial charge in [0.2, 0.25) is 0 Å². The summed E-state index contributed by atoms with van der Waals surface area (Å²) in [7, 11) is 1.62. The fourth-order valence-corrected chi connectivity index (χ4v) is 3.87. The molecule has 1 aliphatic rings. The Morgan fingerprint density at radius 3 is 2.36 bits per heavy atom. The number of para-hydroxylation sites is 2. The molecule has 0 unspecified atom stereocenters. The maximum absolute atomic E-state index is 13.3. The number of rotatable bonds is 4. The summed E-state index contributed by atoms with van der Waals surface area (Å²) in [5.74, 6) is 0.761. The van der Waals surface area contributed by atoms with Crippen LogP contribution in [0.4, 0.5) is 11.4 Å². The van der Waals surface area contributed by atoms with E-state index < -0.39 is 0 Å². The minimum Gasteiger partial charge on any atom is -0.497 e.